The number of aliphatic carboxylic acids is 1. The molecule has 0 amide bonds. The van der Waals surface area contributed by atoms with E-state index in [-0.39, 0.29) is 0 Å². The quantitative estimate of drug-likeness (QED) is 0.581. The molecule has 0 rings (SSSR count). The van der Waals surface area contributed by atoms with Gasteiger partial charge in [-0.05, 0) is 13.3 Å². The first kappa shape index (κ1) is 16.6. The van der Waals surface area contributed by atoms with Crippen LogP contribution in [0.5, 0.6) is 0 Å². The average molecular weight is 262 g/mol. The fourth-order valence-corrected chi connectivity index (χ4v) is 2.73. The van der Waals surface area contributed by atoms with Crippen LogP contribution in [0.3, 0.4) is 0 Å². The van der Waals surface area contributed by atoms with Crippen molar-refractivity contribution in [3.8, 4) is 0 Å². The Morgan fingerprint density at radius 1 is 1.06 bits per heavy atom. The summed E-state index contributed by atoms with van der Waals surface area (Å²) in [4.78, 5) is 10.6. The average Bonchev–Trinajstić information content (AvgIpc) is 2.31. The Balaban J connectivity index is 3.34. The number of hydrogen-bond donors (Lipinski definition) is 1. The second-order valence-corrected chi connectivity index (χ2v) is 6.42. The molecule has 0 aliphatic rings. The maximum Gasteiger partial charge on any atom is 0.318 e. The molecule has 17 heavy (non-hydrogen) atoms. The number of unbranched alkanes of at least 4 members (excludes halogenated alkanes) is 7. The van der Waals surface area contributed by atoms with E-state index in [2.05, 4.69) is 6.92 Å². The van der Waals surface area contributed by atoms with Crippen molar-refractivity contribution in [2.75, 3.05) is 5.75 Å². The molecule has 1 N–H and O–H groups in total. The van der Waals surface area contributed by atoms with Crippen LogP contribution in [0, 0.1) is 0 Å². The van der Waals surface area contributed by atoms with E-state index in [4.69, 9.17) is 5.11 Å². The summed E-state index contributed by atoms with van der Waals surface area (Å²) in [6.45, 7) is 3.72. The topological polar surface area (TPSA) is 54.4 Å². The van der Waals surface area contributed by atoms with Gasteiger partial charge < -0.3 is 5.11 Å². The van der Waals surface area contributed by atoms with Gasteiger partial charge in [0.25, 0.3) is 0 Å². The minimum atomic E-state index is -1.20. The van der Waals surface area contributed by atoms with Gasteiger partial charge in [0.1, 0.15) is 5.25 Å². The molecule has 0 aromatic carbocycles. The van der Waals surface area contributed by atoms with E-state index in [9.17, 15) is 9.00 Å². The molecule has 2 unspecified atom stereocenters. The molecule has 0 saturated heterocycles. The van der Waals surface area contributed by atoms with Gasteiger partial charge in [0, 0.05) is 16.6 Å². The molecule has 102 valence electrons. The summed E-state index contributed by atoms with van der Waals surface area (Å²) in [5.74, 6) is -0.425. The van der Waals surface area contributed by atoms with Gasteiger partial charge in [-0.3, -0.25) is 9.00 Å². The summed E-state index contributed by atoms with van der Waals surface area (Å²) in [6, 6.07) is 0. The number of hydrogen-bond acceptors (Lipinski definition) is 2. The lowest BCUT2D eigenvalue weighted by Crippen LogP contribution is -2.23. The first-order valence-electron chi connectivity index (χ1n) is 6.69. The highest BCUT2D eigenvalue weighted by molar-refractivity contribution is 7.86. The van der Waals surface area contributed by atoms with Crippen molar-refractivity contribution >= 4 is 16.8 Å². The normalized spacial score (nSPS) is 14.5. The second kappa shape index (κ2) is 10.8. The third-order valence-electron chi connectivity index (χ3n) is 2.94. The molecule has 0 aromatic heterocycles. The molecule has 0 aliphatic heterocycles. The third kappa shape index (κ3) is 9.33. The Bertz CT molecular complexity index is 229. The third-order valence-corrected chi connectivity index (χ3v) is 4.62. The molecule has 2 atom stereocenters. The van der Waals surface area contributed by atoms with E-state index in [1.54, 1.807) is 0 Å². The monoisotopic (exact) mass is 262 g/mol. The summed E-state index contributed by atoms with van der Waals surface area (Å²) in [5.41, 5.74) is 0. The van der Waals surface area contributed by atoms with Gasteiger partial charge >= 0.3 is 5.97 Å². The molecule has 4 heteroatoms. The molecule has 0 saturated carbocycles. The van der Waals surface area contributed by atoms with Crippen molar-refractivity contribution < 1.29 is 14.1 Å². The molecule has 0 fully saturated rings. The van der Waals surface area contributed by atoms with Crippen molar-refractivity contribution in [3.05, 3.63) is 0 Å². The lowest BCUT2D eigenvalue weighted by atomic mass is 10.1. The van der Waals surface area contributed by atoms with E-state index >= 15 is 0 Å². The fraction of sp³-hybridized carbons (Fsp3) is 0.923. The van der Waals surface area contributed by atoms with E-state index in [1.165, 1.54) is 45.4 Å². The fourth-order valence-electron chi connectivity index (χ4n) is 1.67. The van der Waals surface area contributed by atoms with Crippen molar-refractivity contribution in [3.63, 3.8) is 0 Å². The van der Waals surface area contributed by atoms with Crippen LogP contribution in [0.15, 0.2) is 0 Å². The zero-order valence-electron chi connectivity index (χ0n) is 11.1. The standard InChI is InChI=1S/C13H26O3S/c1-3-4-5-6-7-8-9-10-11-17(16)12(2)13(14)15/h12H,3-11H2,1-2H3,(H,14,15). The first-order valence-corrected chi connectivity index (χ1v) is 8.07. The zero-order chi connectivity index (χ0) is 13.1. The van der Waals surface area contributed by atoms with Crippen LogP contribution in [0.4, 0.5) is 0 Å². The van der Waals surface area contributed by atoms with E-state index in [0.29, 0.717) is 5.75 Å². The van der Waals surface area contributed by atoms with Gasteiger partial charge in [-0.15, -0.1) is 0 Å². The van der Waals surface area contributed by atoms with Crippen LogP contribution < -0.4 is 0 Å². The molecular weight excluding hydrogens is 236 g/mol. The Hall–Kier alpha value is -0.380. The van der Waals surface area contributed by atoms with E-state index in [1.807, 2.05) is 0 Å². The van der Waals surface area contributed by atoms with Crippen molar-refractivity contribution in [1.82, 2.24) is 0 Å². The van der Waals surface area contributed by atoms with E-state index < -0.39 is 22.0 Å². The maximum atomic E-state index is 11.5. The highest BCUT2D eigenvalue weighted by Gasteiger charge is 2.17. The maximum absolute atomic E-state index is 11.5. The molecule has 3 nitrogen and oxygen atoms in total. The minimum Gasteiger partial charge on any atom is -0.480 e. The predicted octanol–water partition coefficient (Wildman–Crippen LogP) is 3.35. The Morgan fingerprint density at radius 3 is 2.00 bits per heavy atom. The largest absolute Gasteiger partial charge is 0.480 e. The number of carboxylic acids is 1. The molecule has 0 aliphatic carbocycles. The van der Waals surface area contributed by atoms with Gasteiger partial charge in [0.05, 0.1) is 0 Å². The van der Waals surface area contributed by atoms with Crippen LogP contribution in [0.1, 0.15) is 65.2 Å². The van der Waals surface area contributed by atoms with Crippen LogP contribution in [0.25, 0.3) is 0 Å². The smallest absolute Gasteiger partial charge is 0.318 e. The van der Waals surface area contributed by atoms with Gasteiger partial charge in [0.15, 0.2) is 0 Å². The number of carboxylic acid groups (broad SMARTS) is 1. The van der Waals surface area contributed by atoms with Crippen molar-refractivity contribution in [2.24, 2.45) is 0 Å². The zero-order valence-corrected chi connectivity index (χ0v) is 11.9. The lowest BCUT2D eigenvalue weighted by molar-refractivity contribution is -0.136. The molecule has 0 spiro atoms. The van der Waals surface area contributed by atoms with Crippen LogP contribution >= 0.6 is 0 Å². The Labute approximate surface area is 107 Å². The highest BCUT2D eigenvalue weighted by Crippen LogP contribution is 2.09. The van der Waals surface area contributed by atoms with Gasteiger partial charge in [-0.25, -0.2) is 0 Å². The minimum absolute atomic E-state index is 0.530. The Kier molecular flexibility index (Phi) is 10.5. The summed E-state index contributed by atoms with van der Waals surface area (Å²) in [6.07, 6.45) is 9.60. The van der Waals surface area contributed by atoms with Crippen LogP contribution in [-0.2, 0) is 15.6 Å². The molecule has 0 heterocycles. The van der Waals surface area contributed by atoms with Crippen molar-refractivity contribution in [2.45, 2.75) is 70.5 Å². The van der Waals surface area contributed by atoms with Crippen LogP contribution in [-0.4, -0.2) is 26.3 Å². The van der Waals surface area contributed by atoms with Crippen LogP contribution in [0.2, 0.25) is 0 Å². The Morgan fingerprint density at radius 2 is 1.53 bits per heavy atom. The summed E-state index contributed by atoms with van der Waals surface area (Å²) in [5, 5.41) is 7.96. The van der Waals surface area contributed by atoms with E-state index in [0.717, 1.165) is 12.8 Å². The molecule has 0 bridgehead atoms. The number of rotatable bonds is 11. The molecule has 0 aromatic rings. The number of carbonyl (C=O) groups is 1. The van der Waals surface area contributed by atoms with Gasteiger partial charge in [-0.1, -0.05) is 51.9 Å². The lowest BCUT2D eigenvalue weighted by Gasteiger charge is -2.06. The molecule has 0 radical (unpaired) electrons. The second-order valence-electron chi connectivity index (χ2n) is 4.54. The van der Waals surface area contributed by atoms with Gasteiger partial charge in [0.2, 0.25) is 0 Å². The predicted molar refractivity (Wildman–Crippen MR) is 72.7 cm³/mol. The molecular formula is C13H26O3S. The SMILES string of the molecule is CCCCCCCCCCS(=O)C(C)C(=O)O. The van der Waals surface area contributed by atoms with Gasteiger partial charge in [-0.2, -0.15) is 0 Å². The van der Waals surface area contributed by atoms with Crippen molar-refractivity contribution in [1.29, 1.82) is 0 Å². The summed E-state index contributed by atoms with van der Waals surface area (Å²) in [7, 11) is -1.20. The highest BCUT2D eigenvalue weighted by atomic mass is 32.2. The first-order chi connectivity index (χ1) is 8.09. The summed E-state index contributed by atoms with van der Waals surface area (Å²) < 4.78 is 11.5. The summed E-state index contributed by atoms with van der Waals surface area (Å²) >= 11 is 0.